The van der Waals surface area contributed by atoms with Gasteiger partial charge in [-0.25, -0.2) is 4.98 Å². The third kappa shape index (κ3) is 2.70. The lowest BCUT2D eigenvalue weighted by Gasteiger charge is -2.02. The summed E-state index contributed by atoms with van der Waals surface area (Å²) in [4.78, 5) is 14.6. The van der Waals surface area contributed by atoms with E-state index in [1.54, 1.807) is 18.3 Å². The minimum Gasteiger partial charge on any atom is -0.258 e. The lowest BCUT2D eigenvalue weighted by atomic mass is 10.1. The molecule has 0 saturated carbocycles. The third-order valence-corrected chi connectivity index (χ3v) is 3.11. The van der Waals surface area contributed by atoms with Crippen LogP contribution in [0.2, 0.25) is 0 Å². The number of nitro groups is 1. The number of pyridine rings is 1. The van der Waals surface area contributed by atoms with E-state index in [-0.39, 0.29) is 5.69 Å². The summed E-state index contributed by atoms with van der Waals surface area (Å²) in [6.45, 7) is 0. The van der Waals surface area contributed by atoms with Crippen molar-refractivity contribution in [1.82, 2.24) is 4.98 Å². The van der Waals surface area contributed by atoms with Crippen molar-refractivity contribution < 1.29 is 4.92 Å². The molecule has 86 valence electrons. The molecule has 0 aliphatic heterocycles. The largest absolute Gasteiger partial charge is 0.296 e. The van der Waals surface area contributed by atoms with Crippen LogP contribution in [0, 0.1) is 10.1 Å². The first-order valence-electron chi connectivity index (χ1n) is 4.64. The molecule has 0 amide bonds. The van der Waals surface area contributed by atoms with E-state index < -0.39 is 4.92 Å². The molecule has 0 saturated heterocycles. The molecule has 2 aromatic rings. The van der Waals surface area contributed by atoms with Crippen molar-refractivity contribution in [2.75, 3.05) is 0 Å². The first kappa shape index (κ1) is 12.2. The van der Waals surface area contributed by atoms with Gasteiger partial charge in [-0.1, -0.05) is 28.1 Å². The van der Waals surface area contributed by atoms with Crippen LogP contribution in [0.1, 0.15) is 0 Å². The Morgan fingerprint density at radius 2 is 1.76 bits per heavy atom. The second kappa shape index (κ2) is 4.93. The molecule has 0 radical (unpaired) electrons. The Bertz CT molecular complexity index is 570. The highest BCUT2D eigenvalue weighted by Gasteiger charge is 2.17. The van der Waals surface area contributed by atoms with E-state index in [4.69, 9.17) is 0 Å². The van der Waals surface area contributed by atoms with Crippen molar-refractivity contribution in [3.05, 3.63) is 55.6 Å². The summed E-state index contributed by atoms with van der Waals surface area (Å²) >= 11 is 6.49. The first-order chi connectivity index (χ1) is 8.08. The smallest absolute Gasteiger partial charge is 0.258 e. The van der Waals surface area contributed by atoms with Crippen LogP contribution in [0.15, 0.2) is 45.5 Å². The molecule has 2 rings (SSSR count). The van der Waals surface area contributed by atoms with Gasteiger partial charge in [0.2, 0.25) is 0 Å². The predicted octanol–water partition coefficient (Wildman–Crippen LogP) is 4.18. The zero-order chi connectivity index (χ0) is 12.4. The molecule has 0 spiro atoms. The van der Waals surface area contributed by atoms with Crippen LogP contribution in [0.3, 0.4) is 0 Å². The van der Waals surface area contributed by atoms with Gasteiger partial charge >= 0.3 is 0 Å². The van der Waals surface area contributed by atoms with Crippen LogP contribution in [-0.2, 0) is 0 Å². The summed E-state index contributed by atoms with van der Waals surface area (Å²) in [6, 6.07) is 8.66. The molecule has 0 fully saturated rings. The second-order valence-electron chi connectivity index (χ2n) is 3.29. The van der Waals surface area contributed by atoms with E-state index >= 15 is 0 Å². The van der Waals surface area contributed by atoms with Crippen LogP contribution >= 0.6 is 31.9 Å². The van der Waals surface area contributed by atoms with Crippen LogP contribution in [0.25, 0.3) is 11.3 Å². The summed E-state index contributed by atoms with van der Waals surface area (Å²) < 4.78 is 1.51. The van der Waals surface area contributed by atoms with Crippen LogP contribution < -0.4 is 0 Å². The maximum atomic E-state index is 10.9. The number of nitrogens with zero attached hydrogens (tertiary/aromatic N) is 2. The molecular weight excluding hydrogens is 352 g/mol. The summed E-state index contributed by atoms with van der Waals surface area (Å²) in [5.74, 6) is 0. The fourth-order valence-corrected chi connectivity index (χ4v) is 1.98. The molecule has 1 heterocycles. The summed E-state index contributed by atoms with van der Waals surface area (Å²) in [6.07, 6.45) is 1.55. The first-order valence-corrected chi connectivity index (χ1v) is 6.22. The van der Waals surface area contributed by atoms with Crippen LogP contribution in [0.5, 0.6) is 0 Å². The van der Waals surface area contributed by atoms with E-state index in [2.05, 4.69) is 36.8 Å². The fourth-order valence-electron chi connectivity index (χ4n) is 1.40. The Morgan fingerprint density at radius 1 is 1.12 bits per heavy atom. The Morgan fingerprint density at radius 3 is 2.35 bits per heavy atom. The maximum Gasteiger partial charge on any atom is 0.296 e. The SMILES string of the molecule is O=[N+]([O-])c1cc(Br)cnc1-c1ccc(Br)cc1. The number of rotatable bonds is 2. The van der Waals surface area contributed by atoms with Gasteiger partial charge in [-0.15, -0.1) is 0 Å². The Hall–Kier alpha value is -1.27. The van der Waals surface area contributed by atoms with Crippen molar-refractivity contribution in [3.63, 3.8) is 0 Å². The van der Waals surface area contributed by atoms with Crippen LogP contribution in [0.4, 0.5) is 5.69 Å². The van der Waals surface area contributed by atoms with Gasteiger partial charge in [0.15, 0.2) is 0 Å². The molecule has 0 unspecified atom stereocenters. The molecule has 0 atom stereocenters. The van der Waals surface area contributed by atoms with Gasteiger partial charge < -0.3 is 0 Å². The molecule has 6 heteroatoms. The monoisotopic (exact) mass is 356 g/mol. The molecule has 0 N–H and O–H groups in total. The van der Waals surface area contributed by atoms with E-state index in [0.29, 0.717) is 15.7 Å². The minimum atomic E-state index is -0.435. The normalized spacial score (nSPS) is 10.2. The minimum absolute atomic E-state index is 0.0123. The highest BCUT2D eigenvalue weighted by molar-refractivity contribution is 9.10. The molecule has 1 aromatic heterocycles. The van der Waals surface area contributed by atoms with Gasteiger partial charge in [0.25, 0.3) is 5.69 Å². The molecule has 17 heavy (non-hydrogen) atoms. The number of benzene rings is 1. The summed E-state index contributed by atoms with van der Waals surface area (Å²) in [7, 11) is 0. The molecule has 1 aromatic carbocycles. The van der Waals surface area contributed by atoms with E-state index in [1.165, 1.54) is 6.07 Å². The number of aromatic nitrogens is 1. The zero-order valence-electron chi connectivity index (χ0n) is 8.43. The van der Waals surface area contributed by atoms with Gasteiger partial charge in [0.05, 0.1) is 4.92 Å². The number of hydrogen-bond acceptors (Lipinski definition) is 3. The molecule has 0 aliphatic carbocycles. The Kier molecular flexibility index (Phi) is 3.54. The van der Waals surface area contributed by atoms with Gasteiger partial charge in [-0.2, -0.15) is 0 Å². The fraction of sp³-hybridized carbons (Fsp3) is 0. The van der Waals surface area contributed by atoms with Crippen molar-refractivity contribution in [2.24, 2.45) is 0 Å². The highest BCUT2D eigenvalue weighted by Crippen LogP contribution is 2.30. The van der Waals surface area contributed by atoms with Crippen molar-refractivity contribution in [2.45, 2.75) is 0 Å². The average molecular weight is 358 g/mol. The lowest BCUT2D eigenvalue weighted by Crippen LogP contribution is -1.94. The average Bonchev–Trinajstić information content (AvgIpc) is 2.30. The van der Waals surface area contributed by atoms with E-state index in [9.17, 15) is 10.1 Å². The van der Waals surface area contributed by atoms with Crippen molar-refractivity contribution >= 4 is 37.5 Å². The summed E-state index contributed by atoms with van der Waals surface area (Å²) in [5.41, 5.74) is 1.07. The number of halogens is 2. The Labute approximate surface area is 114 Å². The molecule has 0 aliphatic rings. The van der Waals surface area contributed by atoms with Crippen LogP contribution in [-0.4, -0.2) is 9.91 Å². The van der Waals surface area contributed by atoms with E-state index in [1.807, 2.05) is 12.1 Å². The molecule has 0 bridgehead atoms. The van der Waals surface area contributed by atoms with Gasteiger partial charge in [-0.3, -0.25) is 10.1 Å². The van der Waals surface area contributed by atoms with E-state index in [0.717, 1.165) is 4.47 Å². The quantitative estimate of drug-likeness (QED) is 0.598. The predicted molar refractivity (Wildman–Crippen MR) is 71.7 cm³/mol. The van der Waals surface area contributed by atoms with Gasteiger partial charge in [0, 0.05) is 26.8 Å². The third-order valence-electron chi connectivity index (χ3n) is 2.15. The standard InChI is InChI=1S/C11H6Br2N2O2/c12-8-3-1-7(2-4-8)11-10(15(16)17)5-9(13)6-14-11/h1-6H. The lowest BCUT2D eigenvalue weighted by molar-refractivity contribution is -0.384. The van der Waals surface area contributed by atoms with Gasteiger partial charge in [-0.05, 0) is 28.1 Å². The highest BCUT2D eigenvalue weighted by atomic mass is 79.9. The maximum absolute atomic E-state index is 10.9. The second-order valence-corrected chi connectivity index (χ2v) is 5.12. The molecule has 4 nitrogen and oxygen atoms in total. The van der Waals surface area contributed by atoms with Gasteiger partial charge in [0.1, 0.15) is 5.69 Å². The topological polar surface area (TPSA) is 56.0 Å². The Balaban J connectivity index is 2.58. The summed E-state index contributed by atoms with van der Waals surface area (Å²) in [5, 5.41) is 10.9. The molecular formula is C11H6Br2N2O2. The van der Waals surface area contributed by atoms with Crippen molar-refractivity contribution in [1.29, 1.82) is 0 Å². The zero-order valence-corrected chi connectivity index (χ0v) is 11.6. The number of hydrogen-bond donors (Lipinski definition) is 0. The van der Waals surface area contributed by atoms with Crippen molar-refractivity contribution in [3.8, 4) is 11.3 Å².